The van der Waals surface area contributed by atoms with Gasteiger partial charge >= 0.3 is 7.82 Å². The molecule has 0 fully saturated rings. The van der Waals surface area contributed by atoms with Crippen molar-refractivity contribution >= 4 is 7.82 Å². The highest BCUT2D eigenvalue weighted by Gasteiger charge is 2.29. The number of H-pyrrole nitrogens is 1. The summed E-state index contributed by atoms with van der Waals surface area (Å²) in [5.41, 5.74) is 7.92. The van der Waals surface area contributed by atoms with Crippen molar-refractivity contribution in [2.24, 2.45) is 5.73 Å². The lowest BCUT2D eigenvalue weighted by molar-refractivity contribution is 0.155. The maximum atomic E-state index is 10.9. The van der Waals surface area contributed by atoms with Gasteiger partial charge in [-0.15, -0.1) is 0 Å². The van der Waals surface area contributed by atoms with E-state index in [9.17, 15) is 4.57 Å². The van der Waals surface area contributed by atoms with Gasteiger partial charge in [0.2, 0.25) is 0 Å². The number of ether oxygens (including phenoxy) is 1. The zero-order valence-corrected chi connectivity index (χ0v) is 19.0. The molecule has 172 valence electrons. The number of rotatable bonds is 12. The standard InChI is InChI=1S/C23H30N3O5P/c1-23(24,17-31-32(27,28)29)22-25-16-21(26-22)19-11-13-20(14-12-19)30-15-7-3-6-10-18-8-4-2-5-9-18/h2,4-5,8-9,11-14,16H,3,6-7,10,15,17,24H2,1H3,(H,25,26)(H2,27,28,29)/t23-/m0/s1. The van der Waals surface area contributed by atoms with Gasteiger partial charge in [0.25, 0.3) is 0 Å². The van der Waals surface area contributed by atoms with Crippen molar-refractivity contribution in [2.75, 3.05) is 13.2 Å². The van der Waals surface area contributed by atoms with Gasteiger partial charge in [0.1, 0.15) is 11.6 Å². The van der Waals surface area contributed by atoms with E-state index < -0.39 is 13.4 Å². The second kappa shape index (κ2) is 10.9. The normalized spacial score (nSPS) is 13.6. The molecule has 32 heavy (non-hydrogen) atoms. The predicted octanol–water partition coefficient (Wildman–Crippen LogP) is 4.15. The highest BCUT2D eigenvalue weighted by molar-refractivity contribution is 7.46. The van der Waals surface area contributed by atoms with Crippen molar-refractivity contribution in [3.8, 4) is 17.0 Å². The van der Waals surface area contributed by atoms with E-state index >= 15 is 0 Å². The summed E-state index contributed by atoms with van der Waals surface area (Å²) in [5.74, 6) is 1.17. The first kappa shape index (κ1) is 24.2. The van der Waals surface area contributed by atoms with Gasteiger partial charge in [0.15, 0.2) is 0 Å². The molecule has 1 heterocycles. The van der Waals surface area contributed by atoms with E-state index in [4.69, 9.17) is 20.3 Å². The van der Waals surface area contributed by atoms with E-state index in [1.165, 1.54) is 5.56 Å². The van der Waals surface area contributed by atoms with Gasteiger partial charge in [-0.3, -0.25) is 4.52 Å². The number of benzene rings is 2. The molecule has 2 aromatic carbocycles. The molecule has 0 aliphatic carbocycles. The van der Waals surface area contributed by atoms with E-state index in [1.54, 1.807) is 13.1 Å². The molecule has 0 aliphatic heterocycles. The number of aromatic nitrogens is 2. The third-order valence-electron chi connectivity index (χ3n) is 5.04. The summed E-state index contributed by atoms with van der Waals surface area (Å²) in [6.07, 6.45) is 5.99. The molecular formula is C23H30N3O5P. The summed E-state index contributed by atoms with van der Waals surface area (Å²) < 4.78 is 21.3. The summed E-state index contributed by atoms with van der Waals surface area (Å²) in [7, 11) is -4.61. The van der Waals surface area contributed by atoms with Gasteiger partial charge < -0.3 is 25.2 Å². The lowest BCUT2D eigenvalue weighted by Gasteiger charge is -2.22. The molecule has 0 radical (unpaired) electrons. The Balaban J connectivity index is 1.45. The number of aryl methyl sites for hydroxylation is 1. The van der Waals surface area contributed by atoms with Crippen LogP contribution in [0.25, 0.3) is 11.3 Å². The monoisotopic (exact) mass is 459 g/mol. The number of hydrogen-bond acceptors (Lipinski definition) is 5. The Hall–Kier alpha value is -2.48. The molecule has 3 rings (SSSR count). The number of nitrogens with two attached hydrogens (primary N) is 1. The Bertz CT molecular complexity index is 1020. The summed E-state index contributed by atoms with van der Waals surface area (Å²) in [6, 6.07) is 18.1. The van der Waals surface area contributed by atoms with Crippen LogP contribution in [-0.4, -0.2) is 33.0 Å². The van der Waals surface area contributed by atoms with E-state index in [2.05, 4.69) is 38.8 Å². The summed E-state index contributed by atoms with van der Waals surface area (Å²) in [5, 5.41) is 0. The Labute approximate surface area is 188 Å². The zero-order chi connectivity index (χ0) is 23.0. The average Bonchev–Trinajstić information content (AvgIpc) is 3.27. The smallest absolute Gasteiger partial charge is 0.469 e. The Kier molecular flexibility index (Phi) is 8.23. The molecular weight excluding hydrogens is 429 g/mol. The highest BCUT2D eigenvalue weighted by atomic mass is 31.2. The minimum absolute atomic E-state index is 0.372. The van der Waals surface area contributed by atoms with Gasteiger partial charge in [-0.1, -0.05) is 30.3 Å². The average molecular weight is 459 g/mol. The fourth-order valence-electron chi connectivity index (χ4n) is 3.22. The quantitative estimate of drug-likeness (QED) is 0.236. The number of unbranched alkanes of at least 4 members (excludes halogenated alkanes) is 2. The molecule has 0 amide bonds. The van der Waals surface area contributed by atoms with Crippen molar-refractivity contribution in [2.45, 2.75) is 38.1 Å². The van der Waals surface area contributed by atoms with Crippen LogP contribution >= 0.6 is 7.82 Å². The lowest BCUT2D eigenvalue weighted by atomic mass is 10.1. The van der Waals surface area contributed by atoms with Crippen molar-refractivity contribution < 1.29 is 23.6 Å². The molecule has 1 atom stereocenters. The Morgan fingerprint density at radius 2 is 1.78 bits per heavy atom. The molecule has 5 N–H and O–H groups in total. The topological polar surface area (TPSA) is 131 Å². The Morgan fingerprint density at radius 3 is 2.47 bits per heavy atom. The molecule has 0 bridgehead atoms. The van der Waals surface area contributed by atoms with Gasteiger partial charge in [0.05, 0.1) is 30.6 Å². The fraction of sp³-hybridized carbons (Fsp3) is 0.348. The second-order valence-corrected chi connectivity index (χ2v) is 9.24. The maximum Gasteiger partial charge on any atom is 0.469 e. The molecule has 0 spiro atoms. The first-order valence-corrected chi connectivity index (χ1v) is 12.1. The third kappa shape index (κ3) is 7.58. The van der Waals surface area contributed by atoms with Crippen LogP contribution in [-0.2, 0) is 21.0 Å². The predicted molar refractivity (Wildman–Crippen MR) is 123 cm³/mol. The molecule has 1 aromatic heterocycles. The van der Waals surface area contributed by atoms with Gasteiger partial charge in [-0.25, -0.2) is 9.55 Å². The molecule has 9 heteroatoms. The number of aromatic amines is 1. The SMILES string of the molecule is C[C@](N)(COP(=O)(O)O)c1ncc(-c2ccc(OCCCCCc3ccccc3)cc2)[nH]1. The van der Waals surface area contributed by atoms with Crippen LogP contribution in [0.3, 0.4) is 0 Å². The fourth-order valence-corrected chi connectivity index (χ4v) is 3.65. The number of phosphoric ester groups is 1. The first-order valence-electron chi connectivity index (χ1n) is 10.5. The second-order valence-electron chi connectivity index (χ2n) is 8.00. The van der Waals surface area contributed by atoms with Crippen LogP contribution in [0.5, 0.6) is 5.75 Å². The van der Waals surface area contributed by atoms with Crippen molar-refractivity contribution in [3.63, 3.8) is 0 Å². The largest absolute Gasteiger partial charge is 0.494 e. The van der Waals surface area contributed by atoms with Crippen LogP contribution in [0.2, 0.25) is 0 Å². The van der Waals surface area contributed by atoms with Crippen LogP contribution < -0.4 is 10.5 Å². The lowest BCUT2D eigenvalue weighted by Crippen LogP contribution is -2.39. The van der Waals surface area contributed by atoms with Gasteiger partial charge in [-0.2, -0.15) is 0 Å². The number of nitrogens with zero attached hydrogens (tertiary/aromatic N) is 1. The van der Waals surface area contributed by atoms with E-state index in [0.717, 1.165) is 42.7 Å². The molecule has 8 nitrogen and oxygen atoms in total. The van der Waals surface area contributed by atoms with E-state index in [-0.39, 0.29) is 6.61 Å². The van der Waals surface area contributed by atoms with Crippen molar-refractivity contribution in [1.82, 2.24) is 9.97 Å². The molecule has 0 aliphatic rings. The van der Waals surface area contributed by atoms with E-state index in [0.29, 0.717) is 12.4 Å². The van der Waals surface area contributed by atoms with Crippen LogP contribution in [0.4, 0.5) is 0 Å². The van der Waals surface area contributed by atoms with Crippen LogP contribution in [0, 0.1) is 0 Å². The molecule has 0 saturated heterocycles. The van der Waals surface area contributed by atoms with Gasteiger partial charge in [-0.05, 0) is 68.0 Å². The molecule has 0 saturated carbocycles. The minimum Gasteiger partial charge on any atom is -0.494 e. The number of imidazole rings is 1. The number of phosphoric acid groups is 1. The zero-order valence-electron chi connectivity index (χ0n) is 18.1. The molecule has 0 unspecified atom stereocenters. The summed E-state index contributed by atoms with van der Waals surface area (Å²) in [4.78, 5) is 25.1. The van der Waals surface area contributed by atoms with Gasteiger partial charge in [0, 0.05) is 0 Å². The minimum atomic E-state index is -4.61. The Morgan fingerprint density at radius 1 is 1.06 bits per heavy atom. The highest BCUT2D eigenvalue weighted by Crippen LogP contribution is 2.37. The van der Waals surface area contributed by atoms with E-state index in [1.807, 2.05) is 30.3 Å². The first-order chi connectivity index (χ1) is 15.2. The number of hydrogen-bond donors (Lipinski definition) is 4. The van der Waals surface area contributed by atoms with Crippen LogP contribution in [0.15, 0.2) is 60.8 Å². The number of nitrogens with one attached hydrogen (secondary N) is 1. The maximum absolute atomic E-state index is 10.9. The summed E-state index contributed by atoms with van der Waals surface area (Å²) in [6.45, 7) is 1.89. The molecule has 3 aromatic rings. The van der Waals surface area contributed by atoms with Crippen molar-refractivity contribution in [3.05, 3.63) is 72.2 Å². The third-order valence-corrected chi connectivity index (χ3v) is 5.50. The van der Waals surface area contributed by atoms with Crippen molar-refractivity contribution in [1.29, 1.82) is 0 Å². The van der Waals surface area contributed by atoms with Crippen LogP contribution in [0.1, 0.15) is 37.6 Å². The summed E-state index contributed by atoms with van der Waals surface area (Å²) >= 11 is 0.